The largest absolute Gasteiger partial charge is 0.352 e. The summed E-state index contributed by atoms with van der Waals surface area (Å²) in [6.07, 6.45) is 0.818. The fourth-order valence-electron chi connectivity index (χ4n) is 2.92. The molecule has 1 heterocycles. The molecule has 150 valence electrons. The van der Waals surface area contributed by atoms with Crippen LogP contribution < -0.4 is 16.2 Å². The second-order valence-electron chi connectivity index (χ2n) is 6.42. The van der Waals surface area contributed by atoms with Gasteiger partial charge < -0.3 is 10.6 Å². The summed E-state index contributed by atoms with van der Waals surface area (Å²) in [5, 5.41) is 10.8. The summed E-state index contributed by atoms with van der Waals surface area (Å²) in [6, 6.07) is 11.5. The first kappa shape index (κ1) is 20.5. The zero-order chi connectivity index (χ0) is 21.0. The maximum absolute atomic E-state index is 12.9. The summed E-state index contributed by atoms with van der Waals surface area (Å²) in [5.74, 6) is -0.736. The van der Waals surface area contributed by atoms with E-state index >= 15 is 0 Å². The van der Waals surface area contributed by atoms with Gasteiger partial charge in [-0.05, 0) is 37.6 Å². The number of hydrogen-bond acceptors (Lipinski definition) is 4. The van der Waals surface area contributed by atoms with Gasteiger partial charge in [-0.25, -0.2) is 4.68 Å². The highest BCUT2D eigenvalue weighted by molar-refractivity contribution is 6.34. The number of nitrogens with zero attached hydrogens (tertiary/aromatic N) is 2. The van der Waals surface area contributed by atoms with E-state index in [1.165, 1.54) is 10.7 Å². The van der Waals surface area contributed by atoms with Crippen molar-refractivity contribution < 1.29 is 9.59 Å². The standard InChI is InChI=1S/C21H21ClN4O3/c1-3-11-23-19(27)16-10-9-13(12-17(16)22)24-20(28)18-14-7-5-6-8-15(14)21(29)26(4-2)25-18/h5-10,12H,3-4,11H2,1-2H3,(H,23,27)(H,24,28). The Balaban J connectivity index is 1.91. The van der Waals surface area contributed by atoms with Crippen molar-refractivity contribution in [2.24, 2.45) is 0 Å². The van der Waals surface area contributed by atoms with E-state index in [9.17, 15) is 14.4 Å². The minimum absolute atomic E-state index is 0.142. The molecule has 29 heavy (non-hydrogen) atoms. The molecule has 8 heteroatoms. The number of rotatable bonds is 6. The number of anilines is 1. The number of carbonyl (C=O) groups excluding carboxylic acids is 2. The monoisotopic (exact) mass is 412 g/mol. The molecule has 0 bridgehead atoms. The van der Waals surface area contributed by atoms with Crippen molar-refractivity contribution in [3.8, 4) is 0 Å². The molecule has 0 spiro atoms. The van der Waals surface area contributed by atoms with Crippen molar-refractivity contribution in [2.45, 2.75) is 26.8 Å². The van der Waals surface area contributed by atoms with Crippen LogP contribution in [-0.2, 0) is 6.54 Å². The highest BCUT2D eigenvalue weighted by Gasteiger charge is 2.17. The van der Waals surface area contributed by atoms with Crippen LogP contribution in [0.4, 0.5) is 5.69 Å². The normalized spacial score (nSPS) is 10.7. The third-order valence-corrected chi connectivity index (χ3v) is 4.70. The molecule has 2 amide bonds. The van der Waals surface area contributed by atoms with E-state index in [2.05, 4.69) is 15.7 Å². The van der Waals surface area contributed by atoms with Crippen molar-refractivity contribution in [1.29, 1.82) is 0 Å². The molecule has 0 aliphatic heterocycles. The van der Waals surface area contributed by atoms with Crippen LogP contribution in [0.3, 0.4) is 0 Å². The van der Waals surface area contributed by atoms with Gasteiger partial charge in [0, 0.05) is 24.2 Å². The van der Waals surface area contributed by atoms with Crippen LogP contribution in [0.15, 0.2) is 47.3 Å². The van der Waals surface area contributed by atoms with Gasteiger partial charge in [-0.1, -0.05) is 36.7 Å². The number of nitrogens with one attached hydrogen (secondary N) is 2. The van der Waals surface area contributed by atoms with Crippen LogP contribution >= 0.6 is 11.6 Å². The number of fused-ring (bicyclic) bond motifs is 1. The fraction of sp³-hybridized carbons (Fsp3) is 0.238. The van der Waals surface area contributed by atoms with E-state index < -0.39 is 5.91 Å². The minimum Gasteiger partial charge on any atom is -0.352 e. The highest BCUT2D eigenvalue weighted by Crippen LogP contribution is 2.22. The quantitative estimate of drug-likeness (QED) is 0.648. The van der Waals surface area contributed by atoms with Gasteiger partial charge in [-0.15, -0.1) is 0 Å². The number of amides is 2. The van der Waals surface area contributed by atoms with Crippen LogP contribution in [0, 0.1) is 0 Å². The van der Waals surface area contributed by atoms with Crippen molar-refractivity contribution in [2.75, 3.05) is 11.9 Å². The van der Waals surface area contributed by atoms with Gasteiger partial charge in [0.2, 0.25) is 0 Å². The van der Waals surface area contributed by atoms with Crippen molar-refractivity contribution >= 4 is 39.9 Å². The van der Waals surface area contributed by atoms with E-state index in [4.69, 9.17) is 11.6 Å². The van der Waals surface area contributed by atoms with Crippen LogP contribution in [0.25, 0.3) is 10.8 Å². The average Bonchev–Trinajstić information content (AvgIpc) is 2.72. The molecule has 7 nitrogen and oxygen atoms in total. The summed E-state index contributed by atoms with van der Waals surface area (Å²) < 4.78 is 1.26. The Morgan fingerprint density at radius 1 is 1.07 bits per heavy atom. The highest BCUT2D eigenvalue weighted by atomic mass is 35.5. The van der Waals surface area contributed by atoms with Crippen molar-refractivity contribution in [1.82, 2.24) is 15.1 Å². The van der Waals surface area contributed by atoms with E-state index in [0.29, 0.717) is 35.1 Å². The summed E-state index contributed by atoms with van der Waals surface area (Å²) in [6.45, 7) is 4.64. The minimum atomic E-state index is -0.470. The molecule has 0 unspecified atom stereocenters. The molecule has 0 radical (unpaired) electrons. The van der Waals surface area contributed by atoms with Crippen molar-refractivity contribution in [3.63, 3.8) is 0 Å². The van der Waals surface area contributed by atoms with Crippen molar-refractivity contribution in [3.05, 3.63) is 69.1 Å². The van der Waals surface area contributed by atoms with Gasteiger partial charge in [0.25, 0.3) is 17.4 Å². The lowest BCUT2D eigenvalue weighted by Crippen LogP contribution is -2.27. The Bertz CT molecular complexity index is 1140. The zero-order valence-electron chi connectivity index (χ0n) is 16.2. The van der Waals surface area contributed by atoms with Gasteiger partial charge in [-0.2, -0.15) is 5.10 Å². The van der Waals surface area contributed by atoms with E-state index in [0.717, 1.165) is 6.42 Å². The molecule has 2 aromatic carbocycles. The summed E-state index contributed by atoms with van der Waals surface area (Å²) in [7, 11) is 0. The second-order valence-corrected chi connectivity index (χ2v) is 6.83. The molecule has 0 saturated carbocycles. The van der Waals surface area contributed by atoms with Gasteiger partial charge >= 0.3 is 0 Å². The van der Waals surface area contributed by atoms with E-state index in [1.54, 1.807) is 43.3 Å². The summed E-state index contributed by atoms with van der Waals surface area (Å²) >= 11 is 6.22. The maximum Gasteiger partial charge on any atom is 0.276 e. The first-order chi connectivity index (χ1) is 14.0. The molecule has 0 aliphatic carbocycles. The fourth-order valence-corrected chi connectivity index (χ4v) is 3.18. The maximum atomic E-state index is 12.9. The van der Waals surface area contributed by atoms with Gasteiger partial charge in [-0.3, -0.25) is 14.4 Å². The van der Waals surface area contributed by atoms with E-state index in [1.807, 2.05) is 6.92 Å². The molecular formula is C21H21ClN4O3. The van der Waals surface area contributed by atoms with E-state index in [-0.39, 0.29) is 22.2 Å². The van der Waals surface area contributed by atoms with Gasteiger partial charge in [0.15, 0.2) is 5.69 Å². The predicted octanol–water partition coefficient (Wildman–Crippen LogP) is 3.46. The number of aromatic nitrogens is 2. The first-order valence-corrected chi connectivity index (χ1v) is 9.73. The number of hydrogen-bond donors (Lipinski definition) is 2. The lowest BCUT2D eigenvalue weighted by molar-refractivity contribution is 0.0953. The lowest BCUT2D eigenvalue weighted by Gasteiger charge is -2.11. The van der Waals surface area contributed by atoms with Gasteiger partial charge in [0.05, 0.1) is 16.0 Å². The molecule has 0 fully saturated rings. The Morgan fingerprint density at radius 3 is 2.45 bits per heavy atom. The Morgan fingerprint density at radius 2 is 1.79 bits per heavy atom. The third kappa shape index (κ3) is 4.30. The molecule has 3 aromatic rings. The summed E-state index contributed by atoms with van der Waals surface area (Å²) in [4.78, 5) is 37.4. The summed E-state index contributed by atoms with van der Waals surface area (Å²) in [5.41, 5.74) is 0.654. The number of benzene rings is 2. The Labute approximate surface area is 172 Å². The van der Waals surface area contributed by atoms with Crippen LogP contribution in [0.2, 0.25) is 5.02 Å². The van der Waals surface area contributed by atoms with Crippen LogP contribution in [0.5, 0.6) is 0 Å². The van der Waals surface area contributed by atoms with Crippen LogP contribution in [-0.4, -0.2) is 28.1 Å². The third-order valence-electron chi connectivity index (χ3n) is 4.39. The molecule has 0 atom stereocenters. The van der Waals surface area contributed by atoms with Crippen LogP contribution in [0.1, 0.15) is 41.1 Å². The molecule has 2 N–H and O–H groups in total. The molecule has 1 aromatic heterocycles. The molecular weight excluding hydrogens is 392 g/mol. The molecule has 3 rings (SSSR count). The topological polar surface area (TPSA) is 93.1 Å². The predicted molar refractivity (Wildman–Crippen MR) is 114 cm³/mol. The second kappa shape index (κ2) is 8.87. The Kier molecular flexibility index (Phi) is 6.29. The number of halogens is 1. The smallest absolute Gasteiger partial charge is 0.276 e. The SMILES string of the molecule is CCCNC(=O)c1ccc(NC(=O)c2nn(CC)c(=O)c3ccccc23)cc1Cl. The zero-order valence-corrected chi connectivity index (χ0v) is 16.9. The molecule has 0 saturated heterocycles. The number of carbonyl (C=O) groups is 2. The first-order valence-electron chi connectivity index (χ1n) is 9.35. The average molecular weight is 413 g/mol. The number of aryl methyl sites for hydroxylation is 1. The Hall–Kier alpha value is -3.19. The molecule has 0 aliphatic rings. The lowest BCUT2D eigenvalue weighted by atomic mass is 10.1. The van der Waals surface area contributed by atoms with Gasteiger partial charge in [0.1, 0.15) is 0 Å².